The van der Waals surface area contributed by atoms with Gasteiger partial charge in [-0.25, -0.2) is 4.79 Å². The number of benzene rings is 1. The van der Waals surface area contributed by atoms with Gasteiger partial charge in [-0.15, -0.1) is 0 Å². The van der Waals surface area contributed by atoms with Gasteiger partial charge in [0, 0.05) is 11.6 Å². The number of carbonyl (C=O) groups is 1. The van der Waals surface area contributed by atoms with Crippen molar-refractivity contribution in [2.45, 2.75) is 25.9 Å². The number of hydrogen-bond donors (Lipinski definition) is 0. The molecule has 1 aliphatic heterocycles. The lowest BCUT2D eigenvalue weighted by molar-refractivity contribution is -0.151. The average molecular weight is 298 g/mol. The molecule has 1 aromatic carbocycles. The topological polar surface area (TPSA) is 38.8 Å². The van der Waals surface area contributed by atoms with E-state index in [0.717, 1.165) is 19.6 Å². The number of likely N-dealkylation sites (tertiary alicyclic amines) is 1. The second-order valence-corrected chi connectivity index (χ2v) is 5.49. The first-order valence-corrected chi connectivity index (χ1v) is 7.31. The summed E-state index contributed by atoms with van der Waals surface area (Å²) in [4.78, 5) is 14.0. The number of halogens is 1. The summed E-state index contributed by atoms with van der Waals surface area (Å²) in [5.74, 6) is 0.269. The highest BCUT2D eigenvalue weighted by Crippen LogP contribution is 2.15. The molecule has 0 radical (unpaired) electrons. The molecule has 0 N–H and O–H groups in total. The molecule has 0 aliphatic carbocycles. The summed E-state index contributed by atoms with van der Waals surface area (Å²) in [7, 11) is 0. The Bertz CT molecular complexity index is 429. The maximum Gasteiger partial charge on any atom is 0.344 e. The zero-order chi connectivity index (χ0) is 14.4. The van der Waals surface area contributed by atoms with Gasteiger partial charge in [0.25, 0.3) is 0 Å². The molecule has 2 rings (SSSR count). The van der Waals surface area contributed by atoms with Crippen LogP contribution in [-0.2, 0) is 9.53 Å². The largest absolute Gasteiger partial charge is 0.482 e. The van der Waals surface area contributed by atoms with Gasteiger partial charge in [0.2, 0.25) is 0 Å². The van der Waals surface area contributed by atoms with Gasteiger partial charge >= 0.3 is 5.97 Å². The maximum atomic E-state index is 11.7. The number of rotatable bonds is 6. The molecule has 1 aliphatic rings. The minimum absolute atomic E-state index is 0.0774. The van der Waals surface area contributed by atoms with Gasteiger partial charge < -0.3 is 9.47 Å². The third kappa shape index (κ3) is 5.02. The van der Waals surface area contributed by atoms with Crippen LogP contribution >= 0.6 is 11.6 Å². The highest BCUT2D eigenvalue weighted by molar-refractivity contribution is 6.30. The Labute approximate surface area is 124 Å². The molecule has 1 aromatic rings. The summed E-state index contributed by atoms with van der Waals surface area (Å²) in [6.45, 7) is 4.84. The molecular weight excluding hydrogens is 278 g/mol. The van der Waals surface area contributed by atoms with E-state index in [1.54, 1.807) is 24.3 Å². The Balaban J connectivity index is 1.67. The van der Waals surface area contributed by atoms with Crippen molar-refractivity contribution in [3.63, 3.8) is 0 Å². The van der Waals surface area contributed by atoms with Crippen molar-refractivity contribution in [2.24, 2.45) is 0 Å². The van der Waals surface area contributed by atoms with Crippen LogP contribution in [0.15, 0.2) is 24.3 Å². The molecular formula is C15H20ClNO3. The normalized spacial score (nSPS) is 16.9. The summed E-state index contributed by atoms with van der Waals surface area (Å²) in [5.41, 5.74) is 0. The number of esters is 1. The van der Waals surface area contributed by atoms with Crippen LogP contribution in [0.25, 0.3) is 0 Å². The van der Waals surface area contributed by atoms with Gasteiger partial charge in [-0.2, -0.15) is 0 Å². The van der Waals surface area contributed by atoms with Crippen LogP contribution in [0.1, 0.15) is 19.8 Å². The minimum atomic E-state index is -0.341. The molecule has 4 nitrogen and oxygen atoms in total. The third-order valence-corrected chi connectivity index (χ3v) is 3.47. The van der Waals surface area contributed by atoms with E-state index in [-0.39, 0.29) is 18.7 Å². The number of hydrogen-bond acceptors (Lipinski definition) is 4. The van der Waals surface area contributed by atoms with Crippen LogP contribution in [0, 0.1) is 0 Å². The third-order valence-electron chi connectivity index (χ3n) is 3.22. The summed E-state index contributed by atoms with van der Waals surface area (Å²) in [6, 6.07) is 6.89. The van der Waals surface area contributed by atoms with E-state index < -0.39 is 0 Å². The molecule has 1 heterocycles. The molecule has 20 heavy (non-hydrogen) atoms. The summed E-state index contributed by atoms with van der Waals surface area (Å²) in [5, 5.41) is 0.638. The van der Waals surface area contributed by atoms with Crippen LogP contribution in [0.2, 0.25) is 5.02 Å². The van der Waals surface area contributed by atoms with Crippen molar-refractivity contribution < 1.29 is 14.3 Å². The highest BCUT2D eigenvalue weighted by Gasteiger charge is 2.17. The fourth-order valence-corrected chi connectivity index (χ4v) is 2.42. The van der Waals surface area contributed by atoms with Crippen LogP contribution in [-0.4, -0.2) is 43.2 Å². The summed E-state index contributed by atoms with van der Waals surface area (Å²) >= 11 is 5.77. The van der Waals surface area contributed by atoms with Crippen LogP contribution in [0.3, 0.4) is 0 Å². The standard InChI is InChI=1S/C15H20ClNO3/c1-12(10-17-8-2-3-9-17)20-15(18)11-19-14-6-4-13(16)5-7-14/h4-7,12H,2-3,8-11H2,1H3/t12-/m1/s1. The van der Waals surface area contributed by atoms with Crippen molar-refractivity contribution in [3.05, 3.63) is 29.3 Å². The molecule has 1 saturated heterocycles. The summed E-state index contributed by atoms with van der Waals surface area (Å²) < 4.78 is 10.7. The molecule has 110 valence electrons. The van der Waals surface area contributed by atoms with Gasteiger partial charge in [-0.05, 0) is 57.1 Å². The quantitative estimate of drug-likeness (QED) is 0.757. The first-order valence-electron chi connectivity index (χ1n) is 6.93. The van der Waals surface area contributed by atoms with Gasteiger partial charge in [0.1, 0.15) is 11.9 Å². The number of nitrogens with zero attached hydrogens (tertiary/aromatic N) is 1. The van der Waals surface area contributed by atoms with Crippen molar-refractivity contribution >= 4 is 17.6 Å². The Morgan fingerprint density at radius 3 is 2.60 bits per heavy atom. The molecule has 1 fully saturated rings. The lowest BCUT2D eigenvalue weighted by Crippen LogP contribution is -2.32. The van der Waals surface area contributed by atoms with E-state index in [9.17, 15) is 4.79 Å². The van der Waals surface area contributed by atoms with E-state index in [0.29, 0.717) is 10.8 Å². The van der Waals surface area contributed by atoms with E-state index in [4.69, 9.17) is 21.1 Å². The van der Waals surface area contributed by atoms with Gasteiger partial charge in [-0.3, -0.25) is 4.90 Å². The van der Waals surface area contributed by atoms with Gasteiger partial charge in [0.15, 0.2) is 6.61 Å². The van der Waals surface area contributed by atoms with Crippen LogP contribution < -0.4 is 4.74 Å². The van der Waals surface area contributed by atoms with E-state index in [1.165, 1.54) is 12.8 Å². The first kappa shape index (κ1) is 15.1. The van der Waals surface area contributed by atoms with Crippen molar-refractivity contribution in [1.29, 1.82) is 0 Å². The zero-order valence-electron chi connectivity index (χ0n) is 11.7. The fourth-order valence-electron chi connectivity index (χ4n) is 2.30. The molecule has 0 saturated carbocycles. The molecule has 0 bridgehead atoms. The maximum absolute atomic E-state index is 11.7. The second kappa shape index (κ2) is 7.50. The lowest BCUT2D eigenvalue weighted by Gasteiger charge is -2.20. The van der Waals surface area contributed by atoms with Crippen LogP contribution in [0.5, 0.6) is 5.75 Å². The first-order chi connectivity index (χ1) is 9.63. The van der Waals surface area contributed by atoms with Gasteiger partial charge in [-0.1, -0.05) is 11.6 Å². The molecule has 5 heteroatoms. The smallest absolute Gasteiger partial charge is 0.344 e. The highest BCUT2D eigenvalue weighted by atomic mass is 35.5. The summed E-state index contributed by atoms with van der Waals surface area (Å²) in [6.07, 6.45) is 2.37. The predicted molar refractivity (Wildman–Crippen MR) is 78.2 cm³/mol. The fraction of sp³-hybridized carbons (Fsp3) is 0.533. The minimum Gasteiger partial charge on any atom is -0.482 e. The Hall–Kier alpha value is -1.26. The monoisotopic (exact) mass is 297 g/mol. The Morgan fingerprint density at radius 2 is 1.95 bits per heavy atom. The number of carbonyl (C=O) groups excluding carboxylic acids is 1. The molecule has 0 spiro atoms. The van der Waals surface area contributed by atoms with Crippen molar-refractivity contribution in [3.8, 4) is 5.75 Å². The molecule has 0 amide bonds. The van der Waals surface area contributed by atoms with E-state index in [1.807, 2.05) is 6.92 Å². The molecule has 1 atom stereocenters. The predicted octanol–water partition coefficient (Wildman–Crippen LogP) is 2.75. The van der Waals surface area contributed by atoms with Crippen molar-refractivity contribution in [1.82, 2.24) is 4.90 Å². The van der Waals surface area contributed by atoms with Gasteiger partial charge in [0.05, 0.1) is 0 Å². The average Bonchev–Trinajstić information content (AvgIpc) is 2.90. The second-order valence-electron chi connectivity index (χ2n) is 5.05. The Kier molecular flexibility index (Phi) is 5.68. The molecule has 0 aromatic heterocycles. The van der Waals surface area contributed by atoms with Crippen LogP contribution in [0.4, 0.5) is 0 Å². The zero-order valence-corrected chi connectivity index (χ0v) is 12.4. The Morgan fingerprint density at radius 1 is 1.30 bits per heavy atom. The molecule has 0 unspecified atom stereocenters. The van der Waals surface area contributed by atoms with Crippen molar-refractivity contribution in [2.75, 3.05) is 26.2 Å². The van der Waals surface area contributed by atoms with E-state index >= 15 is 0 Å². The SMILES string of the molecule is C[C@H](CN1CCCC1)OC(=O)COc1ccc(Cl)cc1. The lowest BCUT2D eigenvalue weighted by atomic mass is 10.3. The van der Waals surface area contributed by atoms with E-state index in [2.05, 4.69) is 4.90 Å². The number of ether oxygens (including phenoxy) is 2.